The van der Waals surface area contributed by atoms with Gasteiger partial charge in [-0.2, -0.15) is 9.98 Å². The van der Waals surface area contributed by atoms with Crippen LogP contribution in [-0.2, 0) is 9.59 Å². The van der Waals surface area contributed by atoms with Gasteiger partial charge in [-0.3, -0.25) is 0 Å². The molecule has 0 atom stereocenters. The Labute approximate surface area is 116 Å². The number of nitrogens with zero attached hydrogens (tertiary/aromatic N) is 2. The maximum absolute atomic E-state index is 10.7. The van der Waals surface area contributed by atoms with Crippen molar-refractivity contribution in [2.75, 3.05) is 0 Å². The minimum Gasteiger partial charge on any atom is -0.211 e. The Hall–Kier alpha value is -2.80. The lowest BCUT2D eigenvalue weighted by atomic mass is 9.96. The standard InChI is InChI=1S/C16H12N2O2/c1-11-7-8-14(16(12(11)2)18-10-20)13-5-3-4-6-15(13)17-9-19/h3-8H,1-2H3. The number of para-hydroxylation sites is 1. The topological polar surface area (TPSA) is 58.9 Å². The minimum atomic E-state index is 0.494. The average Bonchev–Trinajstić information content (AvgIpc) is 2.46. The zero-order valence-corrected chi connectivity index (χ0v) is 11.2. The summed E-state index contributed by atoms with van der Waals surface area (Å²) in [6.07, 6.45) is 3.12. The van der Waals surface area contributed by atoms with E-state index in [1.165, 1.54) is 6.08 Å². The second-order valence-corrected chi connectivity index (χ2v) is 4.33. The fourth-order valence-corrected chi connectivity index (χ4v) is 2.06. The number of rotatable bonds is 3. The molecule has 4 nitrogen and oxygen atoms in total. The maximum Gasteiger partial charge on any atom is 0.240 e. The summed E-state index contributed by atoms with van der Waals surface area (Å²) < 4.78 is 0. The Bertz CT molecular complexity index is 753. The number of hydrogen-bond acceptors (Lipinski definition) is 4. The van der Waals surface area contributed by atoms with E-state index in [1.807, 2.05) is 38.1 Å². The molecule has 98 valence electrons. The van der Waals surface area contributed by atoms with Gasteiger partial charge in [-0.1, -0.05) is 30.3 Å². The molecule has 0 heterocycles. The lowest BCUT2D eigenvalue weighted by Crippen LogP contribution is -1.87. The van der Waals surface area contributed by atoms with E-state index in [2.05, 4.69) is 9.98 Å². The summed E-state index contributed by atoms with van der Waals surface area (Å²) in [5, 5.41) is 0. The molecule has 2 rings (SSSR count). The number of hydrogen-bond donors (Lipinski definition) is 0. The summed E-state index contributed by atoms with van der Waals surface area (Å²) in [6.45, 7) is 3.83. The van der Waals surface area contributed by atoms with E-state index in [-0.39, 0.29) is 0 Å². The van der Waals surface area contributed by atoms with Crippen LogP contribution in [0.4, 0.5) is 11.4 Å². The number of aryl methyl sites for hydroxylation is 1. The molecule has 20 heavy (non-hydrogen) atoms. The highest BCUT2D eigenvalue weighted by molar-refractivity contribution is 5.86. The molecule has 0 unspecified atom stereocenters. The van der Waals surface area contributed by atoms with E-state index in [0.717, 1.165) is 22.3 Å². The second-order valence-electron chi connectivity index (χ2n) is 4.33. The Balaban J connectivity index is 2.80. The van der Waals surface area contributed by atoms with E-state index in [4.69, 9.17) is 0 Å². The van der Waals surface area contributed by atoms with Gasteiger partial charge in [0, 0.05) is 11.1 Å². The number of benzene rings is 2. The predicted molar refractivity (Wildman–Crippen MR) is 76.9 cm³/mol. The zero-order valence-electron chi connectivity index (χ0n) is 11.2. The monoisotopic (exact) mass is 264 g/mol. The van der Waals surface area contributed by atoms with Crippen molar-refractivity contribution in [1.29, 1.82) is 0 Å². The van der Waals surface area contributed by atoms with Crippen LogP contribution in [-0.4, -0.2) is 12.2 Å². The fraction of sp³-hybridized carbons (Fsp3) is 0.125. The van der Waals surface area contributed by atoms with Crippen LogP contribution in [0.5, 0.6) is 0 Å². The van der Waals surface area contributed by atoms with Gasteiger partial charge in [0.25, 0.3) is 0 Å². The van der Waals surface area contributed by atoms with Crippen LogP contribution in [0.15, 0.2) is 46.4 Å². The van der Waals surface area contributed by atoms with Gasteiger partial charge < -0.3 is 0 Å². The average molecular weight is 264 g/mol. The predicted octanol–water partition coefficient (Wildman–Crippen LogP) is 3.91. The summed E-state index contributed by atoms with van der Waals surface area (Å²) in [5.74, 6) is 0. The minimum absolute atomic E-state index is 0.494. The van der Waals surface area contributed by atoms with Crippen LogP contribution in [0.3, 0.4) is 0 Å². The highest BCUT2D eigenvalue weighted by Gasteiger charge is 2.12. The van der Waals surface area contributed by atoms with Gasteiger partial charge >= 0.3 is 0 Å². The third kappa shape index (κ3) is 2.47. The highest BCUT2D eigenvalue weighted by Crippen LogP contribution is 2.39. The molecule has 0 aliphatic rings. The summed E-state index contributed by atoms with van der Waals surface area (Å²) in [6, 6.07) is 11.0. The molecular formula is C16H12N2O2. The third-order valence-electron chi connectivity index (χ3n) is 3.22. The molecule has 0 aromatic heterocycles. The molecule has 0 aliphatic heterocycles. The van der Waals surface area contributed by atoms with Crippen molar-refractivity contribution in [3.8, 4) is 11.1 Å². The molecule has 0 saturated heterocycles. The summed E-state index contributed by atoms with van der Waals surface area (Å²) in [4.78, 5) is 28.7. The van der Waals surface area contributed by atoms with Crippen molar-refractivity contribution >= 4 is 23.5 Å². The van der Waals surface area contributed by atoms with Crippen LogP contribution >= 0.6 is 0 Å². The first-order valence-corrected chi connectivity index (χ1v) is 6.04. The van der Waals surface area contributed by atoms with Crippen molar-refractivity contribution in [3.05, 3.63) is 47.5 Å². The lowest BCUT2D eigenvalue weighted by Gasteiger charge is -2.11. The van der Waals surface area contributed by atoms with Gasteiger partial charge in [-0.25, -0.2) is 9.59 Å². The zero-order chi connectivity index (χ0) is 14.5. The highest BCUT2D eigenvalue weighted by atomic mass is 16.1. The Kier molecular flexibility index (Phi) is 4.02. The summed E-state index contributed by atoms with van der Waals surface area (Å²) in [5.41, 5.74) is 4.44. The molecule has 0 saturated carbocycles. The first-order chi connectivity index (χ1) is 9.69. The van der Waals surface area contributed by atoms with E-state index < -0.39 is 0 Å². The smallest absolute Gasteiger partial charge is 0.211 e. The molecule has 4 heteroatoms. The maximum atomic E-state index is 10.7. The van der Waals surface area contributed by atoms with Gasteiger partial charge in [0.2, 0.25) is 12.2 Å². The van der Waals surface area contributed by atoms with Crippen LogP contribution in [0.25, 0.3) is 11.1 Å². The van der Waals surface area contributed by atoms with Gasteiger partial charge in [-0.05, 0) is 31.0 Å². The molecule has 0 fully saturated rings. The first kappa shape index (κ1) is 13.6. The summed E-state index contributed by atoms with van der Waals surface area (Å²) >= 11 is 0. The SMILES string of the molecule is Cc1ccc(-c2ccccc2N=C=O)c(N=C=O)c1C. The quantitative estimate of drug-likeness (QED) is 0.623. The van der Waals surface area contributed by atoms with E-state index in [9.17, 15) is 9.59 Å². The Morgan fingerprint density at radius 3 is 2.25 bits per heavy atom. The van der Waals surface area contributed by atoms with Gasteiger partial charge in [0.05, 0.1) is 11.4 Å². The first-order valence-electron chi connectivity index (χ1n) is 6.04. The van der Waals surface area contributed by atoms with E-state index in [1.54, 1.807) is 18.2 Å². The van der Waals surface area contributed by atoms with E-state index >= 15 is 0 Å². The molecular weight excluding hydrogens is 252 g/mol. The molecule has 0 N–H and O–H groups in total. The van der Waals surface area contributed by atoms with Crippen LogP contribution < -0.4 is 0 Å². The van der Waals surface area contributed by atoms with Crippen molar-refractivity contribution in [3.63, 3.8) is 0 Å². The molecule has 0 radical (unpaired) electrons. The van der Waals surface area contributed by atoms with Crippen LogP contribution in [0, 0.1) is 13.8 Å². The fourth-order valence-electron chi connectivity index (χ4n) is 2.06. The van der Waals surface area contributed by atoms with Crippen molar-refractivity contribution < 1.29 is 9.59 Å². The number of isocyanates is 2. The van der Waals surface area contributed by atoms with Crippen LogP contribution in [0.1, 0.15) is 11.1 Å². The van der Waals surface area contributed by atoms with E-state index in [0.29, 0.717) is 11.4 Å². The third-order valence-corrected chi connectivity index (χ3v) is 3.22. The van der Waals surface area contributed by atoms with Crippen molar-refractivity contribution in [2.45, 2.75) is 13.8 Å². The van der Waals surface area contributed by atoms with Crippen LogP contribution in [0.2, 0.25) is 0 Å². The summed E-state index contributed by atoms with van der Waals surface area (Å²) in [7, 11) is 0. The van der Waals surface area contributed by atoms with Gasteiger partial charge in [0.1, 0.15) is 0 Å². The number of carbonyl (C=O) groups excluding carboxylic acids is 2. The number of aliphatic imine (C=N–C) groups is 2. The molecule has 2 aromatic carbocycles. The second kappa shape index (κ2) is 5.89. The largest absolute Gasteiger partial charge is 0.240 e. The lowest BCUT2D eigenvalue weighted by molar-refractivity contribution is 0.564. The van der Waals surface area contributed by atoms with Gasteiger partial charge in [0.15, 0.2) is 0 Å². The molecule has 0 amide bonds. The normalized spacial score (nSPS) is 9.50. The molecule has 0 aliphatic carbocycles. The van der Waals surface area contributed by atoms with Crippen molar-refractivity contribution in [1.82, 2.24) is 0 Å². The van der Waals surface area contributed by atoms with Gasteiger partial charge in [-0.15, -0.1) is 0 Å². The van der Waals surface area contributed by atoms with Crippen molar-refractivity contribution in [2.24, 2.45) is 9.98 Å². The Morgan fingerprint density at radius 2 is 1.55 bits per heavy atom. The Morgan fingerprint density at radius 1 is 0.850 bits per heavy atom. The molecule has 0 bridgehead atoms. The molecule has 0 spiro atoms. The molecule has 2 aromatic rings.